The number of nitrogens with one attached hydrogen (secondary N) is 2. The molecule has 0 aliphatic carbocycles. The monoisotopic (exact) mass is 298 g/mol. The first kappa shape index (κ1) is 15.4. The maximum Gasteiger partial charge on any atom is 0.221 e. The Balaban J connectivity index is 2.43. The number of anilines is 4. The first-order valence-corrected chi connectivity index (χ1v) is 6.71. The Hall–Kier alpha value is -3.02. The zero-order valence-corrected chi connectivity index (χ0v) is 12.4. The van der Waals surface area contributed by atoms with Gasteiger partial charge in [-0.05, 0) is 35.4 Å². The second-order valence-electron chi connectivity index (χ2n) is 4.97. The highest BCUT2D eigenvalue weighted by molar-refractivity contribution is 5.95. The molecule has 0 atom stereocenters. The summed E-state index contributed by atoms with van der Waals surface area (Å²) in [5, 5.41) is 5.37. The minimum absolute atomic E-state index is 0.194. The van der Waals surface area contributed by atoms with Crippen LogP contribution in [0.1, 0.15) is 13.8 Å². The van der Waals surface area contributed by atoms with E-state index in [1.54, 1.807) is 24.3 Å². The summed E-state index contributed by atoms with van der Waals surface area (Å²) in [5.74, 6) is -0.389. The van der Waals surface area contributed by atoms with Gasteiger partial charge in [0.25, 0.3) is 0 Å². The van der Waals surface area contributed by atoms with Gasteiger partial charge in [0.2, 0.25) is 11.8 Å². The van der Waals surface area contributed by atoms with Crippen molar-refractivity contribution in [3.05, 3.63) is 36.4 Å². The highest BCUT2D eigenvalue weighted by Gasteiger charge is 2.08. The lowest BCUT2D eigenvalue weighted by Crippen LogP contribution is -2.08. The highest BCUT2D eigenvalue weighted by atomic mass is 16.2. The van der Waals surface area contributed by atoms with Crippen LogP contribution < -0.4 is 22.1 Å². The van der Waals surface area contributed by atoms with E-state index in [1.807, 2.05) is 12.1 Å². The van der Waals surface area contributed by atoms with Gasteiger partial charge in [0.1, 0.15) is 0 Å². The number of hydrogen-bond acceptors (Lipinski definition) is 4. The first-order valence-electron chi connectivity index (χ1n) is 6.71. The van der Waals surface area contributed by atoms with E-state index in [0.717, 1.165) is 11.1 Å². The number of carbonyl (C=O) groups excluding carboxylic acids is 2. The van der Waals surface area contributed by atoms with Crippen LogP contribution in [0.5, 0.6) is 0 Å². The number of rotatable bonds is 3. The van der Waals surface area contributed by atoms with Gasteiger partial charge in [-0.2, -0.15) is 0 Å². The molecule has 2 amide bonds. The largest absolute Gasteiger partial charge is 0.397 e. The predicted octanol–water partition coefficient (Wildman–Crippen LogP) is 2.43. The number of carbonyl (C=O) groups is 2. The van der Waals surface area contributed by atoms with Crippen LogP contribution in [0, 0.1) is 0 Å². The molecule has 2 aromatic rings. The van der Waals surface area contributed by atoms with Crippen molar-refractivity contribution >= 4 is 34.6 Å². The van der Waals surface area contributed by atoms with Crippen LogP contribution in [0.15, 0.2) is 36.4 Å². The summed E-state index contributed by atoms with van der Waals surface area (Å²) in [4.78, 5) is 22.4. The van der Waals surface area contributed by atoms with Crippen LogP contribution in [-0.4, -0.2) is 11.8 Å². The molecule has 0 heterocycles. The topological polar surface area (TPSA) is 110 Å². The Morgan fingerprint density at radius 1 is 0.773 bits per heavy atom. The van der Waals surface area contributed by atoms with Gasteiger partial charge in [-0.1, -0.05) is 12.1 Å². The van der Waals surface area contributed by atoms with Gasteiger partial charge in [0, 0.05) is 13.8 Å². The van der Waals surface area contributed by atoms with Crippen molar-refractivity contribution in [2.45, 2.75) is 13.8 Å². The molecule has 0 saturated heterocycles. The fourth-order valence-corrected chi connectivity index (χ4v) is 2.07. The third-order valence-electron chi connectivity index (χ3n) is 3.06. The van der Waals surface area contributed by atoms with E-state index in [0.29, 0.717) is 22.7 Å². The molecule has 0 spiro atoms. The van der Waals surface area contributed by atoms with Gasteiger partial charge in [0.15, 0.2) is 0 Å². The Kier molecular flexibility index (Phi) is 4.31. The molecule has 0 radical (unpaired) electrons. The van der Waals surface area contributed by atoms with E-state index in [1.165, 1.54) is 13.8 Å². The van der Waals surface area contributed by atoms with Crippen molar-refractivity contribution in [2.75, 3.05) is 22.1 Å². The Morgan fingerprint density at radius 3 is 1.45 bits per heavy atom. The van der Waals surface area contributed by atoms with Gasteiger partial charge in [0.05, 0.1) is 22.7 Å². The molecular weight excluding hydrogens is 280 g/mol. The van der Waals surface area contributed by atoms with Crippen molar-refractivity contribution in [3.8, 4) is 11.1 Å². The highest BCUT2D eigenvalue weighted by Crippen LogP contribution is 2.31. The molecule has 22 heavy (non-hydrogen) atoms. The number of amides is 2. The van der Waals surface area contributed by atoms with Crippen LogP contribution >= 0.6 is 0 Å². The summed E-state index contributed by atoms with van der Waals surface area (Å²) in [6.45, 7) is 2.84. The predicted molar refractivity (Wildman–Crippen MR) is 89.3 cm³/mol. The van der Waals surface area contributed by atoms with Crippen LogP contribution in [0.25, 0.3) is 11.1 Å². The van der Waals surface area contributed by atoms with E-state index in [9.17, 15) is 9.59 Å². The molecule has 2 aromatic carbocycles. The quantitative estimate of drug-likeness (QED) is 0.652. The molecule has 0 fully saturated rings. The molecule has 114 valence electrons. The molecule has 0 unspecified atom stereocenters. The lowest BCUT2D eigenvalue weighted by atomic mass is 10.0. The lowest BCUT2D eigenvalue weighted by molar-refractivity contribution is -0.115. The molecule has 6 N–H and O–H groups in total. The van der Waals surface area contributed by atoms with Crippen LogP contribution in [0.2, 0.25) is 0 Å². The SMILES string of the molecule is CC(=O)Nc1cc(-c2ccc(N)c(NC(C)=O)c2)ccc1N. The molecule has 0 saturated carbocycles. The smallest absolute Gasteiger partial charge is 0.221 e. The van der Waals surface area contributed by atoms with Crippen LogP contribution in [-0.2, 0) is 9.59 Å². The Morgan fingerprint density at radius 2 is 1.14 bits per heavy atom. The standard InChI is InChI=1S/C16H18N4O2/c1-9(21)19-15-7-11(3-5-13(15)17)12-4-6-14(18)16(8-12)20-10(2)22/h3-8H,17-18H2,1-2H3,(H,19,21)(H,20,22). The summed E-state index contributed by atoms with van der Waals surface area (Å²) in [7, 11) is 0. The summed E-state index contributed by atoms with van der Waals surface area (Å²) in [6.07, 6.45) is 0. The Labute approximate surface area is 128 Å². The molecule has 0 aliphatic heterocycles. The third-order valence-corrected chi connectivity index (χ3v) is 3.06. The molecule has 0 bridgehead atoms. The molecular formula is C16H18N4O2. The zero-order valence-electron chi connectivity index (χ0n) is 12.4. The number of benzene rings is 2. The van der Waals surface area contributed by atoms with Crippen molar-refractivity contribution in [2.24, 2.45) is 0 Å². The van der Waals surface area contributed by atoms with Crippen molar-refractivity contribution in [1.29, 1.82) is 0 Å². The van der Waals surface area contributed by atoms with Crippen molar-refractivity contribution in [1.82, 2.24) is 0 Å². The van der Waals surface area contributed by atoms with Gasteiger partial charge in [-0.15, -0.1) is 0 Å². The summed E-state index contributed by atoms with van der Waals surface area (Å²) in [5.41, 5.74) is 15.4. The molecule has 0 aromatic heterocycles. The second kappa shape index (κ2) is 6.17. The number of nitrogens with two attached hydrogens (primary N) is 2. The van der Waals surface area contributed by atoms with E-state index < -0.39 is 0 Å². The summed E-state index contributed by atoms with van der Waals surface area (Å²) < 4.78 is 0. The van der Waals surface area contributed by atoms with Crippen LogP contribution in [0.4, 0.5) is 22.7 Å². The summed E-state index contributed by atoms with van der Waals surface area (Å²) in [6, 6.07) is 10.7. The molecule has 2 rings (SSSR count). The third kappa shape index (κ3) is 3.54. The van der Waals surface area contributed by atoms with E-state index in [2.05, 4.69) is 10.6 Å². The average Bonchev–Trinajstić information content (AvgIpc) is 2.43. The van der Waals surface area contributed by atoms with E-state index >= 15 is 0 Å². The fourth-order valence-electron chi connectivity index (χ4n) is 2.07. The van der Waals surface area contributed by atoms with E-state index in [4.69, 9.17) is 11.5 Å². The molecule has 6 heteroatoms. The zero-order chi connectivity index (χ0) is 16.3. The normalized spacial score (nSPS) is 10.1. The fraction of sp³-hybridized carbons (Fsp3) is 0.125. The minimum atomic E-state index is -0.194. The van der Waals surface area contributed by atoms with Gasteiger partial charge < -0.3 is 22.1 Å². The lowest BCUT2D eigenvalue weighted by Gasteiger charge is -2.12. The van der Waals surface area contributed by atoms with Gasteiger partial charge in [-0.3, -0.25) is 9.59 Å². The number of hydrogen-bond donors (Lipinski definition) is 4. The second-order valence-corrected chi connectivity index (χ2v) is 4.97. The maximum absolute atomic E-state index is 11.2. The first-order chi connectivity index (χ1) is 10.4. The number of nitrogen functional groups attached to an aromatic ring is 2. The maximum atomic E-state index is 11.2. The summed E-state index contributed by atoms with van der Waals surface area (Å²) >= 11 is 0. The molecule has 6 nitrogen and oxygen atoms in total. The molecule has 0 aliphatic rings. The van der Waals surface area contributed by atoms with Crippen LogP contribution in [0.3, 0.4) is 0 Å². The average molecular weight is 298 g/mol. The van der Waals surface area contributed by atoms with Crippen molar-refractivity contribution in [3.63, 3.8) is 0 Å². The van der Waals surface area contributed by atoms with Gasteiger partial charge >= 0.3 is 0 Å². The van der Waals surface area contributed by atoms with E-state index in [-0.39, 0.29) is 11.8 Å². The van der Waals surface area contributed by atoms with Crippen molar-refractivity contribution < 1.29 is 9.59 Å². The Bertz CT molecular complexity index is 677. The van der Waals surface area contributed by atoms with Gasteiger partial charge in [-0.25, -0.2) is 0 Å². The minimum Gasteiger partial charge on any atom is -0.397 e.